The minimum Gasteiger partial charge on any atom is -0.491 e. The zero-order valence-corrected chi connectivity index (χ0v) is 9.70. The fraction of sp³-hybridized carbons (Fsp3) is 0.417. The lowest BCUT2D eigenvalue weighted by Gasteiger charge is -2.15. The molecule has 1 heterocycles. The molecule has 5 heteroatoms. The Kier molecular flexibility index (Phi) is 3.46. The standard InChI is InChI=1S/C12H15FN2O2/c1-9-2-3-10(13)8-11(9)17-7-6-15-5-4-14-12(15)16/h2-3,8H,4-7H2,1H3,(H,14,16). The molecule has 1 aliphatic heterocycles. The summed E-state index contributed by atoms with van der Waals surface area (Å²) < 4.78 is 18.4. The number of amides is 2. The van der Waals surface area contributed by atoms with E-state index in [1.807, 2.05) is 6.92 Å². The first-order valence-electron chi connectivity index (χ1n) is 5.58. The third-order valence-corrected chi connectivity index (χ3v) is 2.71. The fourth-order valence-corrected chi connectivity index (χ4v) is 1.72. The molecule has 0 aromatic heterocycles. The molecule has 1 aromatic rings. The van der Waals surface area contributed by atoms with Crippen molar-refractivity contribution in [3.8, 4) is 5.75 Å². The molecule has 17 heavy (non-hydrogen) atoms. The first-order valence-corrected chi connectivity index (χ1v) is 5.58. The number of hydrogen-bond acceptors (Lipinski definition) is 2. The summed E-state index contributed by atoms with van der Waals surface area (Å²) in [7, 11) is 0. The number of halogens is 1. The van der Waals surface area contributed by atoms with Crippen molar-refractivity contribution >= 4 is 6.03 Å². The highest BCUT2D eigenvalue weighted by molar-refractivity contribution is 5.76. The molecular formula is C12H15FN2O2. The number of nitrogens with one attached hydrogen (secondary N) is 1. The number of benzene rings is 1. The van der Waals surface area contributed by atoms with Gasteiger partial charge in [0.15, 0.2) is 0 Å². The molecule has 0 spiro atoms. The second kappa shape index (κ2) is 5.03. The summed E-state index contributed by atoms with van der Waals surface area (Å²) in [6.45, 7) is 4.12. The Balaban J connectivity index is 1.85. The average molecular weight is 238 g/mol. The van der Waals surface area contributed by atoms with E-state index in [0.717, 1.165) is 5.56 Å². The number of urea groups is 1. The van der Waals surface area contributed by atoms with Crippen LogP contribution in [-0.4, -0.2) is 37.2 Å². The van der Waals surface area contributed by atoms with Crippen molar-refractivity contribution in [1.29, 1.82) is 0 Å². The lowest BCUT2D eigenvalue weighted by Crippen LogP contribution is -2.31. The van der Waals surface area contributed by atoms with Gasteiger partial charge in [-0.15, -0.1) is 0 Å². The first kappa shape index (κ1) is 11.7. The minimum absolute atomic E-state index is 0.0652. The molecule has 2 rings (SSSR count). The number of aryl methyl sites for hydroxylation is 1. The van der Waals surface area contributed by atoms with Crippen LogP contribution in [0.4, 0.5) is 9.18 Å². The zero-order chi connectivity index (χ0) is 12.3. The molecule has 1 aromatic carbocycles. The van der Waals surface area contributed by atoms with Gasteiger partial charge in [-0.25, -0.2) is 9.18 Å². The van der Waals surface area contributed by atoms with E-state index in [2.05, 4.69) is 5.32 Å². The van der Waals surface area contributed by atoms with Crippen molar-refractivity contribution in [2.75, 3.05) is 26.2 Å². The third-order valence-electron chi connectivity index (χ3n) is 2.71. The molecule has 0 radical (unpaired) electrons. The molecule has 1 aliphatic rings. The lowest BCUT2D eigenvalue weighted by atomic mass is 10.2. The monoisotopic (exact) mass is 238 g/mol. The summed E-state index contributed by atoms with van der Waals surface area (Å²) in [6.07, 6.45) is 0. The smallest absolute Gasteiger partial charge is 0.317 e. The zero-order valence-electron chi connectivity index (χ0n) is 9.70. The molecule has 4 nitrogen and oxygen atoms in total. The van der Waals surface area contributed by atoms with E-state index in [4.69, 9.17) is 4.74 Å². The van der Waals surface area contributed by atoms with Gasteiger partial charge in [0, 0.05) is 19.2 Å². The van der Waals surface area contributed by atoms with Crippen molar-refractivity contribution in [2.45, 2.75) is 6.92 Å². The Bertz CT molecular complexity index is 423. The second-order valence-corrected chi connectivity index (χ2v) is 3.98. The maximum Gasteiger partial charge on any atom is 0.317 e. The molecule has 92 valence electrons. The van der Waals surface area contributed by atoms with Gasteiger partial charge in [0.2, 0.25) is 0 Å². The summed E-state index contributed by atoms with van der Waals surface area (Å²) in [5.74, 6) is 0.217. The number of ether oxygens (including phenoxy) is 1. The van der Waals surface area contributed by atoms with Crippen molar-refractivity contribution in [3.63, 3.8) is 0 Å². The van der Waals surface area contributed by atoms with Crippen LogP contribution < -0.4 is 10.1 Å². The molecule has 2 amide bonds. The highest BCUT2D eigenvalue weighted by atomic mass is 19.1. The lowest BCUT2D eigenvalue weighted by molar-refractivity contribution is 0.202. The van der Waals surface area contributed by atoms with Gasteiger partial charge in [0.25, 0.3) is 0 Å². The summed E-state index contributed by atoms with van der Waals surface area (Å²) >= 11 is 0. The molecule has 0 atom stereocenters. The molecule has 0 saturated carbocycles. The average Bonchev–Trinajstić information content (AvgIpc) is 2.70. The number of rotatable bonds is 4. The Hall–Kier alpha value is -1.78. The van der Waals surface area contributed by atoms with Crippen molar-refractivity contribution in [3.05, 3.63) is 29.6 Å². The maximum absolute atomic E-state index is 13.0. The van der Waals surface area contributed by atoms with Gasteiger partial charge < -0.3 is 15.0 Å². The van der Waals surface area contributed by atoms with Crippen LogP contribution in [-0.2, 0) is 0 Å². The summed E-state index contributed by atoms with van der Waals surface area (Å²) in [6, 6.07) is 4.37. The topological polar surface area (TPSA) is 41.6 Å². The van der Waals surface area contributed by atoms with Crippen molar-refractivity contribution < 1.29 is 13.9 Å². The normalized spacial score (nSPS) is 14.9. The SMILES string of the molecule is Cc1ccc(F)cc1OCCN1CCNC1=O. The number of carbonyl (C=O) groups excluding carboxylic acids is 1. The van der Waals surface area contributed by atoms with E-state index >= 15 is 0 Å². The van der Waals surface area contributed by atoms with E-state index < -0.39 is 0 Å². The number of nitrogens with zero attached hydrogens (tertiary/aromatic N) is 1. The van der Waals surface area contributed by atoms with Crippen LogP contribution in [0.5, 0.6) is 5.75 Å². The summed E-state index contributed by atoms with van der Waals surface area (Å²) in [5.41, 5.74) is 0.886. The highest BCUT2D eigenvalue weighted by Gasteiger charge is 2.18. The van der Waals surface area contributed by atoms with E-state index in [-0.39, 0.29) is 11.8 Å². The van der Waals surface area contributed by atoms with Gasteiger partial charge in [-0.2, -0.15) is 0 Å². The van der Waals surface area contributed by atoms with Crippen LogP contribution in [0.3, 0.4) is 0 Å². The number of hydrogen-bond donors (Lipinski definition) is 1. The van der Waals surface area contributed by atoms with Gasteiger partial charge in [-0.1, -0.05) is 6.07 Å². The van der Waals surface area contributed by atoms with Crippen molar-refractivity contribution in [2.24, 2.45) is 0 Å². The van der Waals surface area contributed by atoms with Crippen LogP contribution in [0.25, 0.3) is 0 Å². The molecule has 0 aliphatic carbocycles. The van der Waals surface area contributed by atoms with Crippen LogP contribution >= 0.6 is 0 Å². The highest BCUT2D eigenvalue weighted by Crippen LogP contribution is 2.18. The maximum atomic E-state index is 13.0. The van der Waals surface area contributed by atoms with Crippen LogP contribution in [0.1, 0.15) is 5.56 Å². The van der Waals surface area contributed by atoms with Gasteiger partial charge in [-0.05, 0) is 18.6 Å². The minimum atomic E-state index is -0.315. The molecule has 1 N–H and O–H groups in total. The van der Waals surface area contributed by atoms with Gasteiger partial charge in [-0.3, -0.25) is 0 Å². The first-order chi connectivity index (χ1) is 8.16. The third kappa shape index (κ3) is 2.87. The molecule has 0 bridgehead atoms. The van der Waals surface area contributed by atoms with E-state index in [1.54, 1.807) is 11.0 Å². The molecule has 1 saturated heterocycles. The summed E-state index contributed by atoms with van der Waals surface area (Å²) in [5, 5.41) is 2.71. The molecular weight excluding hydrogens is 223 g/mol. The Morgan fingerprint density at radius 3 is 3.06 bits per heavy atom. The molecule has 1 fully saturated rings. The van der Waals surface area contributed by atoms with Gasteiger partial charge in [0.1, 0.15) is 18.2 Å². The predicted molar refractivity (Wildman–Crippen MR) is 61.6 cm³/mol. The van der Waals surface area contributed by atoms with Crippen LogP contribution in [0.15, 0.2) is 18.2 Å². The largest absolute Gasteiger partial charge is 0.491 e. The van der Waals surface area contributed by atoms with E-state index in [1.165, 1.54) is 12.1 Å². The van der Waals surface area contributed by atoms with Crippen LogP contribution in [0, 0.1) is 12.7 Å². The second-order valence-electron chi connectivity index (χ2n) is 3.98. The van der Waals surface area contributed by atoms with E-state index in [9.17, 15) is 9.18 Å². The number of carbonyl (C=O) groups is 1. The van der Waals surface area contributed by atoms with E-state index in [0.29, 0.717) is 32.0 Å². The Morgan fingerprint density at radius 1 is 1.53 bits per heavy atom. The fourth-order valence-electron chi connectivity index (χ4n) is 1.72. The Morgan fingerprint density at radius 2 is 2.35 bits per heavy atom. The van der Waals surface area contributed by atoms with Gasteiger partial charge in [0.05, 0.1) is 6.54 Å². The Labute approximate surface area is 99.4 Å². The molecule has 0 unspecified atom stereocenters. The van der Waals surface area contributed by atoms with Crippen LogP contribution in [0.2, 0.25) is 0 Å². The predicted octanol–water partition coefficient (Wildman–Crippen LogP) is 1.54. The summed E-state index contributed by atoms with van der Waals surface area (Å²) in [4.78, 5) is 12.9. The van der Waals surface area contributed by atoms with Crippen molar-refractivity contribution in [1.82, 2.24) is 10.2 Å². The van der Waals surface area contributed by atoms with Gasteiger partial charge >= 0.3 is 6.03 Å². The quantitative estimate of drug-likeness (QED) is 0.864.